The van der Waals surface area contributed by atoms with E-state index in [4.69, 9.17) is 5.11 Å². The van der Waals surface area contributed by atoms with Gasteiger partial charge in [-0.15, -0.1) is 0 Å². The number of nitro groups is 1. The summed E-state index contributed by atoms with van der Waals surface area (Å²) in [5.74, 6) is -1.51. The summed E-state index contributed by atoms with van der Waals surface area (Å²) in [5, 5.41) is 21.6. The third kappa shape index (κ3) is 3.56. The Morgan fingerprint density at radius 3 is 2.59 bits per heavy atom. The summed E-state index contributed by atoms with van der Waals surface area (Å²) >= 11 is 0. The molecule has 2 N–H and O–H groups in total. The lowest BCUT2D eigenvalue weighted by Crippen LogP contribution is -2.09. The van der Waals surface area contributed by atoms with Crippen molar-refractivity contribution in [1.82, 2.24) is 0 Å². The molecular weight excluding hydrogens is 228 g/mol. The summed E-state index contributed by atoms with van der Waals surface area (Å²) < 4.78 is 0. The van der Waals surface area contributed by atoms with Crippen LogP contribution in [0.5, 0.6) is 0 Å². The quantitative estimate of drug-likeness (QED) is 0.604. The van der Waals surface area contributed by atoms with E-state index in [9.17, 15) is 19.7 Å². The largest absolute Gasteiger partial charge is 0.481 e. The van der Waals surface area contributed by atoms with Gasteiger partial charge in [0.05, 0.1) is 11.3 Å². The summed E-state index contributed by atoms with van der Waals surface area (Å²) in [7, 11) is 0. The number of nitrogens with zero attached hydrogens (tertiary/aromatic N) is 1. The van der Waals surface area contributed by atoms with Gasteiger partial charge >= 0.3 is 5.97 Å². The van der Waals surface area contributed by atoms with Crippen LogP contribution in [-0.2, 0) is 16.0 Å². The van der Waals surface area contributed by atoms with Crippen molar-refractivity contribution in [1.29, 1.82) is 0 Å². The number of amides is 1. The first-order chi connectivity index (χ1) is 7.90. The number of carbonyl (C=O) groups is 2. The highest BCUT2D eigenvalue weighted by atomic mass is 16.6. The molecule has 0 saturated heterocycles. The minimum absolute atomic E-state index is 0.00116. The van der Waals surface area contributed by atoms with E-state index >= 15 is 0 Å². The number of carbonyl (C=O) groups excluding carboxylic acids is 1. The first kappa shape index (κ1) is 12.6. The molecule has 0 aromatic heterocycles. The van der Waals surface area contributed by atoms with Crippen molar-refractivity contribution in [3.63, 3.8) is 0 Å². The minimum atomic E-state index is -1.05. The molecule has 0 bridgehead atoms. The van der Waals surface area contributed by atoms with Gasteiger partial charge < -0.3 is 10.4 Å². The predicted octanol–water partition coefficient (Wildman–Crippen LogP) is 1.18. The minimum Gasteiger partial charge on any atom is -0.481 e. The van der Waals surface area contributed by atoms with Gasteiger partial charge in [0.1, 0.15) is 5.69 Å². The number of anilines is 1. The Balaban J connectivity index is 3.13. The van der Waals surface area contributed by atoms with Crippen LogP contribution in [0.1, 0.15) is 12.5 Å². The molecule has 0 fully saturated rings. The monoisotopic (exact) mass is 238 g/mol. The van der Waals surface area contributed by atoms with Crippen LogP contribution < -0.4 is 5.32 Å². The van der Waals surface area contributed by atoms with Crippen molar-refractivity contribution < 1.29 is 19.6 Å². The standard InChI is InChI=1S/C10H10N2O5/c1-6(13)11-8-4-7(5-10(14)15)2-3-9(8)12(16)17/h2-4H,5H2,1H3,(H,11,13)(H,14,15). The fraction of sp³-hybridized carbons (Fsp3) is 0.200. The number of nitrogens with one attached hydrogen (secondary N) is 1. The second-order valence-corrected chi connectivity index (χ2v) is 3.36. The summed E-state index contributed by atoms with van der Waals surface area (Å²) in [4.78, 5) is 31.4. The zero-order chi connectivity index (χ0) is 13.0. The van der Waals surface area contributed by atoms with Crippen LogP contribution in [0.3, 0.4) is 0 Å². The Bertz CT molecular complexity index is 484. The van der Waals surface area contributed by atoms with Crippen molar-refractivity contribution in [2.45, 2.75) is 13.3 Å². The maximum absolute atomic E-state index is 10.9. The average Bonchev–Trinajstić information content (AvgIpc) is 2.15. The first-order valence-electron chi connectivity index (χ1n) is 4.67. The molecular formula is C10H10N2O5. The third-order valence-electron chi connectivity index (χ3n) is 1.92. The molecule has 1 amide bonds. The van der Waals surface area contributed by atoms with E-state index in [2.05, 4.69) is 5.32 Å². The van der Waals surface area contributed by atoms with Crippen LogP contribution in [-0.4, -0.2) is 21.9 Å². The van der Waals surface area contributed by atoms with E-state index in [1.165, 1.54) is 25.1 Å². The Labute approximate surface area is 96.2 Å². The van der Waals surface area contributed by atoms with E-state index in [0.717, 1.165) is 0 Å². The van der Waals surface area contributed by atoms with Gasteiger partial charge in [-0.25, -0.2) is 0 Å². The Kier molecular flexibility index (Phi) is 3.76. The maximum atomic E-state index is 10.9. The number of carboxylic acid groups (broad SMARTS) is 1. The second kappa shape index (κ2) is 5.06. The number of carboxylic acids is 1. The zero-order valence-electron chi connectivity index (χ0n) is 8.97. The summed E-state index contributed by atoms with van der Waals surface area (Å²) in [6, 6.07) is 3.80. The van der Waals surface area contributed by atoms with E-state index in [-0.39, 0.29) is 17.8 Å². The molecule has 0 aliphatic carbocycles. The Morgan fingerprint density at radius 2 is 2.12 bits per heavy atom. The van der Waals surface area contributed by atoms with Gasteiger partial charge in [0, 0.05) is 13.0 Å². The highest BCUT2D eigenvalue weighted by Crippen LogP contribution is 2.25. The summed E-state index contributed by atoms with van der Waals surface area (Å²) in [6.45, 7) is 1.22. The van der Waals surface area contributed by atoms with Crippen molar-refractivity contribution in [3.8, 4) is 0 Å². The van der Waals surface area contributed by atoms with Gasteiger partial charge in [0.25, 0.3) is 5.69 Å². The van der Waals surface area contributed by atoms with Gasteiger partial charge in [0.2, 0.25) is 5.91 Å². The predicted molar refractivity (Wildman–Crippen MR) is 58.7 cm³/mol. The molecule has 0 saturated carbocycles. The third-order valence-corrected chi connectivity index (χ3v) is 1.92. The molecule has 90 valence electrons. The normalized spacial score (nSPS) is 9.71. The van der Waals surface area contributed by atoms with Gasteiger partial charge in [-0.1, -0.05) is 6.07 Å². The number of rotatable bonds is 4. The molecule has 0 heterocycles. The molecule has 0 aliphatic heterocycles. The average molecular weight is 238 g/mol. The van der Waals surface area contributed by atoms with Crippen LogP contribution in [0.25, 0.3) is 0 Å². The van der Waals surface area contributed by atoms with E-state index < -0.39 is 16.8 Å². The van der Waals surface area contributed by atoms with Crippen LogP contribution in [0.2, 0.25) is 0 Å². The molecule has 0 unspecified atom stereocenters. The molecule has 7 heteroatoms. The second-order valence-electron chi connectivity index (χ2n) is 3.36. The van der Waals surface area contributed by atoms with Gasteiger partial charge in [-0.2, -0.15) is 0 Å². The highest BCUT2D eigenvalue weighted by Gasteiger charge is 2.15. The Hall–Kier alpha value is -2.44. The zero-order valence-corrected chi connectivity index (χ0v) is 8.97. The number of aliphatic carboxylic acids is 1. The molecule has 0 spiro atoms. The van der Waals surface area contributed by atoms with Crippen molar-refractivity contribution in [3.05, 3.63) is 33.9 Å². The smallest absolute Gasteiger partial charge is 0.307 e. The van der Waals surface area contributed by atoms with Gasteiger partial charge in [-0.3, -0.25) is 19.7 Å². The summed E-state index contributed by atoms with van der Waals surface area (Å²) in [5.41, 5.74) is 0.113. The molecule has 1 rings (SSSR count). The molecule has 17 heavy (non-hydrogen) atoms. The van der Waals surface area contributed by atoms with E-state index in [1.807, 2.05) is 0 Å². The van der Waals surface area contributed by atoms with E-state index in [1.54, 1.807) is 0 Å². The van der Waals surface area contributed by atoms with Crippen LogP contribution in [0.4, 0.5) is 11.4 Å². The van der Waals surface area contributed by atoms with Crippen molar-refractivity contribution in [2.24, 2.45) is 0 Å². The van der Waals surface area contributed by atoms with Crippen LogP contribution >= 0.6 is 0 Å². The lowest BCUT2D eigenvalue weighted by Gasteiger charge is -2.05. The summed E-state index contributed by atoms with van der Waals surface area (Å²) in [6.07, 6.45) is -0.259. The number of nitro benzene ring substituents is 1. The molecule has 1 aromatic rings. The lowest BCUT2D eigenvalue weighted by molar-refractivity contribution is -0.383. The van der Waals surface area contributed by atoms with Crippen LogP contribution in [0.15, 0.2) is 18.2 Å². The highest BCUT2D eigenvalue weighted by molar-refractivity contribution is 5.91. The first-order valence-corrected chi connectivity index (χ1v) is 4.67. The molecule has 0 atom stereocenters. The fourth-order valence-corrected chi connectivity index (χ4v) is 1.32. The number of hydrogen-bond donors (Lipinski definition) is 2. The van der Waals surface area contributed by atoms with Gasteiger partial charge in [-0.05, 0) is 11.6 Å². The molecule has 1 aromatic carbocycles. The lowest BCUT2D eigenvalue weighted by atomic mass is 10.1. The SMILES string of the molecule is CC(=O)Nc1cc(CC(=O)O)ccc1[N+](=O)[O-]. The molecule has 0 radical (unpaired) electrons. The topological polar surface area (TPSA) is 110 Å². The van der Waals surface area contributed by atoms with E-state index in [0.29, 0.717) is 5.56 Å². The molecule has 0 aliphatic rings. The fourth-order valence-electron chi connectivity index (χ4n) is 1.32. The van der Waals surface area contributed by atoms with Crippen LogP contribution in [0, 0.1) is 10.1 Å². The van der Waals surface area contributed by atoms with Crippen molar-refractivity contribution >= 4 is 23.3 Å². The van der Waals surface area contributed by atoms with Crippen molar-refractivity contribution in [2.75, 3.05) is 5.32 Å². The number of hydrogen-bond acceptors (Lipinski definition) is 4. The van der Waals surface area contributed by atoms with Gasteiger partial charge in [0.15, 0.2) is 0 Å². The maximum Gasteiger partial charge on any atom is 0.307 e. The number of benzene rings is 1. The Morgan fingerprint density at radius 1 is 1.47 bits per heavy atom. The molecule has 7 nitrogen and oxygen atoms in total.